The molecule has 2 amide bonds. The van der Waals surface area contributed by atoms with Gasteiger partial charge in [0, 0.05) is 48.2 Å². The highest BCUT2D eigenvalue weighted by molar-refractivity contribution is 6.31. The zero-order valence-electron chi connectivity index (χ0n) is 26.8. The molecule has 0 unspecified atom stereocenters. The molecule has 4 atom stereocenters. The van der Waals surface area contributed by atoms with Gasteiger partial charge in [0.15, 0.2) is 0 Å². The first-order valence-electron chi connectivity index (χ1n) is 16.4. The number of allylic oxidation sites excluding steroid dienone is 1. The van der Waals surface area contributed by atoms with Crippen molar-refractivity contribution < 1.29 is 35.1 Å². The maximum Gasteiger partial charge on any atom is 0.314 e. The van der Waals surface area contributed by atoms with Crippen molar-refractivity contribution in [1.82, 2.24) is 20.9 Å². The van der Waals surface area contributed by atoms with Crippen LogP contribution in [0.4, 0.5) is 4.79 Å². The van der Waals surface area contributed by atoms with Crippen molar-refractivity contribution in [2.45, 2.75) is 81.1 Å². The van der Waals surface area contributed by atoms with Crippen LogP contribution in [0.15, 0.2) is 67.5 Å². The van der Waals surface area contributed by atoms with E-state index in [9.17, 15) is 25.2 Å². The van der Waals surface area contributed by atoms with Gasteiger partial charge in [-0.3, -0.25) is 4.98 Å². The second-order valence-electron chi connectivity index (χ2n) is 12.6. The van der Waals surface area contributed by atoms with Gasteiger partial charge in [-0.2, -0.15) is 0 Å². The summed E-state index contributed by atoms with van der Waals surface area (Å²) >= 11 is 6.65. The first-order chi connectivity index (χ1) is 23.1. The number of benzene rings is 2. The van der Waals surface area contributed by atoms with Crippen LogP contribution in [0.3, 0.4) is 0 Å². The summed E-state index contributed by atoms with van der Waals surface area (Å²) in [6.45, 7) is 4.00. The van der Waals surface area contributed by atoms with E-state index in [1.165, 1.54) is 0 Å². The number of halogens is 1. The lowest BCUT2D eigenvalue weighted by molar-refractivity contribution is -0.113. The fourth-order valence-electron chi connectivity index (χ4n) is 5.62. The number of aliphatic hydroxyl groups excluding tert-OH is 5. The predicted molar refractivity (Wildman–Crippen MR) is 183 cm³/mol. The van der Waals surface area contributed by atoms with Crippen molar-refractivity contribution in [3.05, 3.63) is 89.2 Å². The summed E-state index contributed by atoms with van der Waals surface area (Å²) in [6, 6.07) is 15.6. The SMILES string of the molecule is C=C(CCCNC(=O)NC[C@H](O)[C@@H](O)[C@H](O)[C@H](O)CO)c1ccc(Cl)c(CNC2(c3cnccc3-c3ccccc3OC3CC3)CC2)c1. The Labute approximate surface area is 285 Å². The van der Waals surface area contributed by atoms with E-state index < -0.39 is 37.1 Å². The minimum atomic E-state index is -1.76. The third kappa shape index (κ3) is 9.12. The van der Waals surface area contributed by atoms with Crippen LogP contribution in [0.1, 0.15) is 55.2 Å². The maximum absolute atomic E-state index is 12.1. The van der Waals surface area contributed by atoms with Gasteiger partial charge in [-0.25, -0.2) is 4.79 Å². The number of pyridine rings is 1. The van der Waals surface area contributed by atoms with Gasteiger partial charge in [0.25, 0.3) is 0 Å². The second kappa shape index (κ2) is 16.2. The number of hydrogen-bond donors (Lipinski definition) is 8. The molecule has 8 N–H and O–H groups in total. The van der Waals surface area contributed by atoms with Crippen molar-refractivity contribution in [1.29, 1.82) is 0 Å². The van der Waals surface area contributed by atoms with Crippen molar-refractivity contribution in [2.24, 2.45) is 0 Å². The summed E-state index contributed by atoms with van der Waals surface area (Å²) in [4.78, 5) is 16.6. The van der Waals surface area contributed by atoms with E-state index in [1.807, 2.05) is 48.8 Å². The molecule has 2 aliphatic carbocycles. The van der Waals surface area contributed by atoms with E-state index in [4.69, 9.17) is 21.4 Å². The molecule has 1 aromatic heterocycles. The topological polar surface area (TPSA) is 176 Å². The highest BCUT2D eigenvalue weighted by atomic mass is 35.5. The number of rotatable bonds is 18. The molecule has 0 aliphatic heterocycles. The Morgan fingerprint density at radius 2 is 1.77 bits per heavy atom. The van der Waals surface area contributed by atoms with Gasteiger partial charge in [-0.05, 0) is 90.6 Å². The van der Waals surface area contributed by atoms with Crippen LogP contribution >= 0.6 is 11.6 Å². The summed E-state index contributed by atoms with van der Waals surface area (Å²) in [6.07, 6.45) is 2.81. The van der Waals surface area contributed by atoms with Crippen LogP contribution < -0.4 is 20.7 Å². The van der Waals surface area contributed by atoms with Crippen molar-refractivity contribution in [3.8, 4) is 16.9 Å². The third-order valence-corrected chi connectivity index (χ3v) is 9.26. The number of nitrogens with zero attached hydrogens (tertiary/aromatic N) is 1. The number of nitrogens with one attached hydrogen (secondary N) is 3. The van der Waals surface area contributed by atoms with Crippen molar-refractivity contribution in [3.63, 3.8) is 0 Å². The molecule has 1 heterocycles. The van der Waals surface area contributed by atoms with E-state index in [-0.39, 0.29) is 12.1 Å². The van der Waals surface area contributed by atoms with Crippen LogP contribution in [-0.4, -0.2) is 86.8 Å². The molecule has 2 fully saturated rings. The molecule has 0 saturated heterocycles. The van der Waals surface area contributed by atoms with E-state index in [0.29, 0.717) is 37.1 Å². The number of ether oxygens (including phenoxy) is 1. The highest BCUT2D eigenvalue weighted by Gasteiger charge is 2.46. The van der Waals surface area contributed by atoms with Gasteiger partial charge in [0.05, 0.1) is 18.8 Å². The number of aromatic nitrogens is 1. The molecule has 2 aromatic carbocycles. The van der Waals surface area contributed by atoms with Crippen LogP contribution in [0, 0.1) is 0 Å². The normalized spacial score (nSPS) is 17.5. The number of carbonyl (C=O) groups excluding carboxylic acids is 1. The van der Waals surface area contributed by atoms with Gasteiger partial charge in [-0.15, -0.1) is 0 Å². The molecule has 0 bridgehead atoms. The minimum absolute atomic E-state index is 0.215. The number of amides is 2. The van der Waals surface area contributed by atoms with E-state index >= 15 is 0 Å². The van der Waals surface area contributed by atoms with Gasteiger partial charge in [-0.1, -0.05) is 42.4 Å². The van der Waals surface area contributed by atoms with Crippen molar-refractivity contribution >= 4 is 23.2 Å². The summed E-state index contributed by atoms with van der Waals surface area (Å²) in [5, 5.41) is 57.3. The number of aliphatic hydroxyl groups is 5. The third-order valence-electron chi connectivity index (χ3n) is 8.89. The lowest BCUT2D eigenvalue weighted by Gasteiger charge is -2.25. The van der Waals surface area contributed by atoms with Gasteiger partial charge >= 0.3 is 6.03 Å². The number of para-hydroxylation sites is 1. The average molecular weight is 681 g/mol. The smallest absolute Gasteiger partial charge is 0.314 e. The zero-order valence-corrected chi connectivity index (χ0v) is 27.6. The van der Waals surface area contributed by atoms with Gasteiger partial charge < -0.3 is 46.2 Å². The zero-order chi connectivity index (χ0) is 34.3. The molecule has 2 saturated carbocycles. The Hall–Kier alpha value is -3.55. The largest absolute Gasteiger partial charge is 0.490 e. The molecule has 12 heteroatoms. The molecule has 5 rings (SSSR count). The highest BCUT2D eigenvalue weighted by Crippen LogP contribution is 2.50. The molecule has 48 heavy (non-hydrogen) atoms. The Balaban J connectivity index is 1.12. The average Bonchev–Trinajstić information content (AvgIpc) is 4.05. The quantitative estimate of drug-likeness (QED) is 0.0938. The van der Waals surface area contributed by atoms with Gasteiger partial charge in [0.2, 0.25) is 0 Å². The lowest BCUT2D eigenvalue weighted by Crippen LogP contribution is -2.50. The first-order valence-corrected chi connectivity index (χ1v) is 16.8. The molecule has 11 nitrogen and oxygen atoms in total. The number of hydrogen-bond acceptors (Lipinski definition) is 9. The van der Waals surface area contributed by atoms with Crippen LogP contribution in [0.5, 0.6) is 5.75 Å². The van der Waals surface area contributed by atoms with Crippen LogP contribution in [-0.2, 0) is 12.1 Å². The summed E-state index contributed by atoms with van der Waals surface area (Å²) in [5.41, 5.74) is 5.94. The van der Waals surface area contributed by atoms with E-state index in [0.717, 1.165) is 64.8 Å². The number of carbonyl (C=O) groups is 1. The maximum atomic E-state index is 12.1. The summed E-state index contributed by atoms with van der Waals surface area (Å²) in [7, 11) is 0. The summed E-state index contributed by atoms with van der Waals surface area (Å²) < 4.78 is 6.24. The molecule has 3 aromatic rings. The molecular formula is C36H45ClN4O7. The Morgan fingerprint density at radius 1 is 1.02 bits per heavy atom. The fourth-order valence-corrected chi connectivity index (χ4v) is 5.81. The number of urea groups is 1. The molecule has 258 valence electrons. The Kier molecular flexibility index (Phi) is 12.1. The lowest BCUT2D eigenvalue weighted by atomic mass is 9.94. The fraction of sp³-hybridized carbons (Fsp3) is 0.444. The summed E-state index contributed by atoms with van der Waals surface area (Å²) in [5.74, 6) is 0.902. The first kappa shape index (κ1) is 35.7. The van der Waals surface area contributed by atoms with Crippen molar-refractivity contribution in [2.75, 3.05) is 19.7 Å². The van der Waals surface area contributed by atoms with Crippen LogP contribution in [0.25, 0.3) is 16.7 Å². The Bertz CT molecular complexity index is 1560. The molecule has 0 radical (unpaired) electrons. The predicted octanol–water partition coefficient (Wildman–Crippen LogP) is 3.25. The van der Waals surface area contributed by atoms with E-state index in [1.54, 1.807) is 0 Å². The van der Waals surface area contributed by atoms with Gasteiger partial charge in [0.1, 0.15) is 24.1 Å². The molecule has 2 aliphatic rings. The Morgan fingerprint density at radius 3 is 2.50 bits per heavy atom. The monoisotopic (exact) mass is 680 g/mol. The van der Waals surface area contributed by atoms with Crippen LogP contribution in [0.2, 0.25) is 5.02 Å². The van der Waals surface area contributed by atoms with E-state index in [2.05, 4.69) is 39.6 Å². The standard InChI is InChI=1S/C36H45ClN4O7/c1-22(5-4-15-39-35(47)40-20-30(43)33(45)34(46)31(44)21-42)23-8-11-29(37)24(17-23)18-41-36(13-14-36)28-19-38-16-12-26(28)27-6-2-3-7-32(27)48-25-9-10-25/h2-3,6-8,11-12,16-17,19,25,30-31,33-34,41-46H,1,4-5,9-10,13-15,18,20-21H2,(H2,39,40,47)/t30-,31+,33+,34+/m0/s1. The minimum Gasteiger partial charge on any atom is -0.490 e. The second-order valence-corrected chi connectivity index (χ2v) is 13.0. The molecular weight excluding hydrogens is 636 g/mol. The molecule has 0 spiro atoms.